The lowest BCUT2D eigenvalue weighted by atomic mass is 10.0. The molecule has 0 spiro atoms. The number of aliphatic hydroxyl groups excluding tert-OH is 1. The quantitative estimate of drug-likeness (QED) is 0.844. The largest absolute Gasteiger partial charge is 0.392 e. The summed E-state index contributed by atoms with van der Waals surface area (Å²) in [7, 11) is 0. The Morgan fingerprint density at radius 2 is 2.35 bits per heavy atom. The number of nitrogens with zero attached hydrogens (tertiary/aromatic N) is 1. The van der Waals surface area contributed by atoms with Crippen LogP contribution in [0.3, 0.4) is 0 Å². The number of aliphatic hydroxyl groups is 1. The van der Waals surface area contributed by atoms with E-state index in [0.29, 0.717) is 6.04 Å². The molecule has 1 unspecified atom stereocenters. The maximum Gasteiger partial charge on any atom is 0.0685 e. The summed E-state index contributed by atoms with van der Waals surface area (Å²) in [6.45, 7) is 2.98. The van der Waals surface area contributed by atoms with Crippen molar-refractivity contribution in [3.63, 3.8) is 0 Å². The third kappa shape index (κ3) is 1.94. The highest BCUT2D eigenvalue weighted by Gasteiger charge is 2.28. The van der Waals surface area contributed by atoms with Gasteiger partial charge in [0.05, 0.1) is 19.3 Å². The van der Waals surface area contributed by atoms with Crippen LogP contribution in [0.1, 0.15) is 24.0 Å². The molecule has 3 heteroatoms. The molecule has 0 bridgehead atoms. The number of rotatable bonds is 2. The first-order valence-electron chi connectivity index (χ1n) is 6.46. The summed E-state index contributed by atoms with van der Waals surface area (Å²) >= 11 is 0. The number of hydrogen-bond donors (Lipinski definition) is 1. The Balaban J connectivity index is 1.87. The van der Waals surface area contributed by atoms with Crippen molar-refractivity contribution in [2.75, 3.05) is 24.7 Å². The standard InChI is InChI=1S/C14H19NO2/c16-9-11-3-1-5-14-13(11)6-7-15(14)12-4-2-8-17-10-12/h1,3,5,12,16H,2,4,6-10H2. The third-order valence-corrected chi connectivity index (χ3v) is 3.91. The second kappa shape index (κ2) is 4.67. The predicted molar refractivity (Wildman–Crippen MR) is 67.3 cm³/mol. The highest BCUT2D eigenvalue weighted by Crippen LogP contribution is 2.33. The van der Waals surface area contributed by atoms with Crippen molar-refractivity contribution < 1.29 is 9.84 Å². The summed E-state index contributed by atoms with van der Waals surface area (Å²) in [6.07, 6.45) is 3.45. The van der Waals surface area contributed by atoms with Gasteiger partial charge in [0.25, 0.3) is 0 Å². The molecule has 2 heterocycles. The van der Waals surface area contributed by atoms with Gasteiger partial charge in [0.2, 0.25) is 0 Å². The summed E-state index contributed by atoms with van der Waals surface area (Å²) in [5, 5.41) is 9.36. The minimum absolute atomic E-state index is 0.151. The van der Waals surface area contributed by atoms with E-state index in [0.717, 1.165) is 38.2 Å². The number of benzene rings is 1. The molecular weight excluding hydrogens is 214 g/mol. The number of fused-ring (bicyclic) bond motifs is 1. The molecule has 3 nitrogen and oxygen atoms in total. The Labute approximate surface area is 102 Å². The Morgan fingerprint density at radius 1 is 1.41 bits per heavy atom. The summed E-state index contributed by atoms with van der Waals surface area (Å²) in [5.74, 6) is 0. The molecule has 1 atom stereocenters. The molecule has 1 aromatic rings. The summed E-state index contributed by atoms with van der Waals surface area (Å²) in [5.41, 5.74) is 3.73. The van der Waals surface area contributed by atoms with E-state index in [1.54, 1.807) is 0 Å². The smallest absolute Gasteiger partial charge is 0.0685 e. The molecule has 0 saturated carbocycles. The molecule has 2 aliphatic rings. The van der Waals surface area contributed by atoms with Gasteiger partial charge in [-0.05, 0) is 36.5 Å². The van der Waals surface area contributed by atoms with Crippen LogP contribution in [0, 0.1) is 0 Å². The normalized spacial score (nSPS) is 23.8. The van der Waals surface area contributed by atoms with Crippen LogP contribution in [0.15, 0.2) is 18.2 Å². The van der Waals surface area contributed by atoms with Crippen LogP contribution in [0.4, 0.5) is 5.69 Å². The van der Waals surface area contributed by atoms with Crippen LogP contribution in [-0.2, 0) is 17.8 Å². The maximum atomic E-state index is 9.36. The Kier molecular flexibility index (Phi) is 3.04. The van der Waals surface area contributed by atoms with Gasteiger partial charge in [-0.25, -0.2) is 0 Å². The molecule has 0 aromatic heterocycles. The summed E-state index contributed by atoms with van der Waals surface area (Å²) in [4.78, 5) is 2.47. The third-order valence-electron chi connectivity index (χ3n) is 3.91. The highest BCUT2D eigenvalue weighted by molar-refractivity contribution is 5.61. The molecule has 0 aliphatic carbocycles. The minimum atomic E-state index is 0.151. The topological polar surface area (TPSA) is 32.7 Å². The second-order valence-electron chi connectivity index (χ2n) is 4.89. The average Bonchev–Trinajstić information content (AvgIpc) is 2.83. The van der Waals surface area contributed by atoms with E-state index in [1.807, 2.05) is 12.1 Å². The lowest BCUT2D eigenvalue weighted by Gasteiger charge is -2.33. The van der Waals surface area contributed by atoms with Crippen LogP contribution in [0.25, 0.3) is 0 Å². The van der Waals surface area contributed by atoms with Crippen molar-refractivity contribution in [3.05, 3.63) is 29.3 Å². The van der Waals surface area contributed by atoms with E-state index in [9.17, 15) is 5.11 Å². The van der Waals surface area contributed by atoms with E-state index in [4.69, 9.17) is 4.74 Å². The van der Waals surface area contributed by atoms with Gasteiger partial charge in [-0.3, -0.25) is 0 Å². The molecule has 92 valence electrons. The van der Waals surface area contributed by atoms with Crippen molar-refractivity contribution in [1.82, 2.24) is 0 Å². The number of hydrogen-bond acceptors (Lipinski definition) is 3. The molecule has 1 fully saturated rings. The Bertz CT molecular complexity index is 399. The van der Waals surface area contributed by atoms with E-state index in [2.05, 4.69) is 11.0 Å². The zero-order valence-corrected chi connectivity index (χ0v) is 10.1. The van der Waals surface area contributed by atoms with Crippen molar-refractivity contribution in [2.24, 2.45) is 0 Å². The van der Waals surface area contributed by atoms with Crippen LogP contribution in [0.5, 0.6) is 0 Å². The fourth-order valence-electron chi connectivity index (χ4n) is 3.03. The highest BCUT2D eigenvalue weighted by atomic mass is 16.5. The average molecular weight is 233 g/mol. The zero-order valence-electron chi connectivity index (χ0n) is 10.1. The first-order chi connectivity index (χ1) is 8.40. The molecule has 0 amide bonds. The summed E-state index contributed by atoms with van der Waals surface area (Å²) in [6, 6.07) is 6.78. The van der Waals surface area contributed by atoms with E-state index < -0.39 is 0 Å². The van der Waals surface area contributed by atoms with Crippen molar-refractivity contribution >= 4 is 5.69 Å². The Morgan fingerprint density at radius 3 is 3.12 bits per heavy atom. The number of anilines is 1. The van der Waals surface area contributed by atoms with Gasteiger partial charge in [0.15, 0.2) is 0 Å². The van der Waals surface area contributed by atoms with Crippen LogP contribution in [0.2, 0.25) is 0 Å². The molecule has 2 aliphatic heterocycles. The SMILES string of the molecule is OCc1cccc2c1CCN2C1CCCOC1. The van der Waals surface area contributed by atoms with Crippen molar-refractivity contribution in [1.29, 1.82) is 0 Å². The van der Waals surface area contributed by atoms with Gasteiger partial charge < -0.3 is 14.7 Å². The van der Waals surface area contributed by atoms with Gasteiger partial charge in [-0.2, -0.15) is 0 Å². The molecular formula is C14H19NO2. The molecule has 1 N–H and O–H groups in total. The van der Waals surface area contributed by atoms with Crippen LogP contribution >= 0.6 is 0 Å². The second-order valence-corrected chi connectivity index (χ2v) is 4.89. The van der Waals surface area contributed by atoms with Crippen molar-refractivity contribution in [2.45, 2.75) is 31.9 Å². The first-order valence-corrected chi connectivity index (χ1v) is 6.46. The maximum absolute atomic E-state index is 9.36. The molecule has 0 radical (unpaired) electrons. The predicted octanol–water partition coefficient (Wildman–Crippen LogP) is 1.72. The van der Waals surface area contributed by atoms with E-state index >= 15 is 0 Å². The fraction of sp³-hybridized carbons (Fsp3) is 0.571. The molecule has 1 aromatic carbocycles. The summed E-state index contributed by atoms with van der Waals surface area (Å²) < 4.78 is 5.58. The van der Waals surface area contributed by atoms with Crippen LogP contribution < -0.4 is 4.90 Å². The van der Waals surface area contributed by atoms with E-state index in [1.165, 1.54) is 17.7 Å². The minimum Gasteiger partial charge on any atom is -0.392 e. The molecule has 1 saturated heterocycles. The molecule has 17 heavy (non-hydrogen) atoms. The molecule has 3 rings (SSSR count). The Hall–Kier alpha value is -1.06. The zero-order chi connectivity index (χ0) is 11.7. The van der Waals surface area contributed by atoms with Gasteiger partial charge in [-0.1, -0.05) is 12.1 Å². The van der Waals surface area contributed by atoms with Gasteiger partial charge in [-0.15, -0.1) is 0 Å². The number of ether oxygens (including phenoxy) is 1. The van der Waals surface area contributed by atoms with Gasteiger partial charge in [0, 0.05) is 18.8 Å². The van der Waals surface area contributed by atoms with E-state index in [-0.39, 0.29) is 6.61 Å². The fourth-order valence-corrected chi connectivity index (χ4v) is 3.03. The van der Waals surface area contributed by atoms with Crippen molar-refractivity contribution in [3.8, 4) is 0 Å². The lowest BCUT2D eigenvalue weighted by Crippen LogP contribution is -2.40. The van der Waals surface area contributed by atoms with Gasteiger partial charge in [0.1, 0.15) is 0 Å². The monoisotopic (exact) mass is 233 g/mol. The first kappa shape index (κ1) is 11.1. The van der Waals surface area contributed by atoms with Crippen LogP contribution in [-0.4, -0.2) is 30.9 Å². The van der Waals surface area contributed by atoms with Gasteiger partial charge >= 0.3 is 0 Å². The lowest BCUT2D eigenvalue weighted by molar-refractivity contribution is 0.0798.